The Labute approximate surface area is 72.3 Å². The van der Waals surface area contributed by atoms with Crippen molar-refractivity contribution in [1.82, 2.24) is 4.90 Å². The topological polar surface area (TPSA) is 66.6 Å². The number of amides is 1. The number of likely N-dealkylation sites (tertiary alicyclic amines) is 1. The molecule has 0 radical (unpaired) electrons. The number of aliphatic hydroxyl groups is 1. The molecule has 1 aliphatic rings. The number of nitrogens with zero attached hydrogens (tertiary/aromatic N) is 1. The van der Waals surface area contributed by atoms with Crippen LogP contribution in [0.4, 0.5) is 0 Å². The summed E-state index contributed by atoms with van der Waals surface area (Å²) in [6, 6.07) is -0.414. The van der Waals surface area contributed by atoms with Crippen LogP contribution in [-0.4, -0.2) is 41.7 Å². The summed E-state index contributed by atoms with van der Waals surface area (Å²) in [5.41, 5.74) is 5.45. The standard InChI is InChI=1S/C8H16N2O2/c1-6(9)8(12)10-3-2-7(4-10)5-11/h6-7,11H,2-5,9H2,1H3/t6-,7+/m1/s1. The van der Waals surface area contributed by atoms with Crippen molar-refractivity contribution in [3.63, 3.8) is 0 Å². The number of nitrogens with two attached hydrogens (primary N) is 1. The summed E-state index contributed by atoms with van der Waals surface area (Å²) in [4.78, 5) is 13.1. The molecule has 4 heteroatoms. The molecule has 12 heavy (non-hydrogen) atoms. The molecule has 0 spiro atoms. The van der Waals surface area contributed by atoms with Gasteiger partial charge in [0.05, 0.1) is 6.04 Å². The van der Waals surface area contributed by atoms with Gasteiger partial charge in [0.2, 0.25) is 5.91 Å². The molecule has 0 aliphatic carbocycles. The largest absolute Gasteiger partial charge is 0.396 e. The summed E-state index contributed by atoms with van der Waals surface area (Å²) in [6.45, 7) is 3.26. The zero-order valence-corrected chi connectivity index (χ0v) is 7.36. The number of carbonyl (C=O) groups excluding carboxylic acids is 1. The Balaban J connectivity index is 2.41. The van der Waals surface area contributed by atoms with E-state index in [2.05, 4.69) is 0 Å². The Morgan fingerprint density at radius 1 is 1.83 bits per heavy atom. The fourth-order valence-corrected chi connectivity index (χ4v) is 1.47. The average molecular weight is 172 g/mol. The summed E-state index contributed by atoms with van der Waals surface area (Å²) < 4.78 is 0. The Bertz CT molecular complexity index is 170. The van der Waals surface area contributed by atoms with E-state index in [0.29, 0.717) is 6.54 Å². The van der Waals surface area contributed by atoms with Gasteiger partial charge >= 0.3 is 0 Å². The molecule has 70 valence electrons. The Morgan fingerprint density at radius 2 is 2.50 bits per heavy atom. The molecule has 0 aromatic rings. The van der Waals surface area contributed by atoms with Crippen LogP contribution in [-0.2, 0) is 4.79 Å². The predicted molar refractivity (Wildman–Crippen MR) is 45.4 cm³/mol. The van der Waals surface area contributed by atoms with Crippen LogP contribution in [0.1, 0.15) is 13.3 Å². The van der Waals surface area contributed by atoms with Gasteiger partial charge in [-0.05, 0) is 13.3 Å². The highest BCUT2D eigenvalue weighted by molar-refractivity contribution is 5.81. The molecule has 1 fully saturated rings. The molecule has 1 aliphatic heterocycles. The lowest BCUT2D eigenvalue weighted by Crippen LogP contribution is -2.40. The van der Waals surface area contributed by atoms with E-state index < -0.39 is 6.04 Å². The fourth-order valence-electron chi connectivity index (χ4n) is 1.47. The first-order valence-corrected chi connectivity index (χ1v) is 4.30. The third-order valence-corrected chi connectivity index (χ3v) is 2.25. The SMILES string of the molecule is C[C@@H](N)C(=O)N1CC[C@H](CO)C1. The normalized spacial score (nSPS) is 25.9. The van der Waals surface area contributed by atoms with Crippen LogP contribution in [0, 0.1) is 5.92 Å². The summed E-state index contributed by atoms with van der Waals surface area (Å²) in [5, 5.41) is 8.83. The van der Waals surface area contributed by atoms with E-state index in [1.165, 1.54) is 0 Å². The molecular weight excluding hydrogens is 156 g/mol. The zero-order valence-electron chi connectivity index (χ0n) is 7.36. The van der Waals surface area contributed by atoms with Crippen molar-refractivity contribution in [1.29, 1.82) is 0 Å². The van der Waals surface area contributed by atoms with Crippen molar-refractivity contribution in [3.05, 3.63) is 0 Å². The molecule has 0 bridgehead atoms. The number of aliphatic hydroxyl groups excluding tert-OH is 1. The molecule has 0 unspecified atom stereocenters. The van der Waals surface area contributed by atoms with Gasteiger partial charge in [0.25, 0.3) is 0 Å². The van der Waals surface area contributed by atoms with Crippen LogP contribution < -0.4 is 5.73 Å². The molecule has 0 aromatic heterocycles. The Morgan fingerprint density at radius 3 is 2.92 bits per heavy atom. The van der Waals surface area contributed by atoms with Gasteiger partial charge in [-0.3, -0.25) is 4.79 Å². The summed E-state index contributed by atoms with van der Waals surface area (Å²) >= 11 is 0. The number of carbonyl (C=O) groups is 1. The molecule has 4 nitrogen and oxygen atoms in total. The smallest absolute Gasteiger partial charge is 0.239 e. The van der Waals surface area contributed by atoms with Crippen molar-refractivity contribution in [2.24, 2.45) is 11.7 Å². The molecule has 1 saturated heterocycles. The quantitative estimate of drug-likeness (QED) is 0.571. The van der Waals surface area contributed by atoms with Gasteiger partial charge in [-0.25, -0.2) is 0 Å². The molecule has 1 rings (SSSR count). The van der Waals surface area contributed by atoms with Crippen LogP contribution in [0.2, 0.25) is 0 Å². The lowest BCUT2D eigenvalue weighted by Gasteiger charge is -2.18. The zero-order chi connectivity index (χ0) is 9.14. The van der Waals surface area contributed by atoms with Crippen LogP contribution in [0.25, 0.3) is 0 Å². The van der Waals surface area contributed by atoms with Crippen molar-refractivity contribution in [2.75, 3.05) is 19.7 Å². The highest BCUT2D eigenvalue weighted by atomic mass is 16.3. The summed E-state index contributed by atoms with van der Waals surface area (Å²) in [7, 11) is 0. The van der Waals surface area contributed by atoms with E-state index in [1.807, 2.05) is 0 Å². The second kappa shape index (κ2) is 3.87. The van der Waals surface area contributed by atoms with Crippen LogP contribution in [0.15, 0.2) is 0 Å². The van der Waals surface area contributed by atoms with E-state index in [9.17, 15) is 4.79 Å². The van der Waals surface area contributed by atoms with Gasteiger partial charge in [-0.15, -0.1) is 0 Å². The molecule has 1 heterocycles. The first-order valence-electron chi connectivity index (χ1n) is 4.30. The minimum absolute atomic E-state index is 0.00838. The van der Waals surface area contributed by atoms with Crippen molar-refractivity contribution in [3.8, 4) is 0 Å². The van der Waals surface area contributed by atoms with Gasteiger partial charge in [0.15, 0.2) is 0 Å². The van der Waals surface area contributed by atoms with Crippen LogP contribution in [0.3, 0.4) is 0 Å². The van der Waals surface area contributed by atoms with Gasteiger partial charge in [0.1, 0.15) is 0 Å². The highest BCUT2D eigenvalue weighted by Crippen LogP contribution is 2.15. The van der Waals surface area contributed by atoms with E-state index in [1.54, 1.807) is 11.8 Å². The van der Waals surface area contributed by atoms with Gasteiger partial charge in [0, 0.05) is 25.6 Å². The monoisotopic (exact) mass is 172 g/mol. The van der Waals surface area contributed by atoms with Gasteiger partial charge < -0.3 is 15.7 Å². The second-order valence-electron chi connectivity index (χ2n) is 3.41. The maximum atomic E-state index is 11.3. The molecule has 3 N–H and O–H groups in total. The van der Waals surface area contributed by atoms with Crippen LogP contribution >= 0.6 is 0 Å². The van der Waals surface area contributed by atoms with E-state index in [0.717, 1.165) is 13.0 Å². The predicted octanol–water partition coefficient (Wildman–Crippen LogP) is -0.826. The second-order valence-corrected chi connectivity index (χ2v) is 3.41. The molecule has 1 amide bonds. The minimum Gasteiger partial charge on any atom is -0.396 e. The van der Waals surface area contributed by atoms with Gasteiger partial charge in [-0.1, -0.05) is 0 Å². The van der Waals surface area contributed by atoms with E-state index in [-0.39, 0.29) is 18.4 Å². The lowest BCUT2D eigenvalue weighted by atomic mass is 10.1. The fraction of sp³-hybridized carbons (Fsp3) is 0.875. The number of rotatable bonds is 2. The Kier molecular flexibility index (Phi) is 3.05. The average Bonchev–Trinajstić information content (AvgIpc) is 2.50. The maximum absolute atomic E-state index is 11.3. The highest BCUT2D eigenvalue weighted by Gasteiger charge is 2.26. The summed E-state index contributed by atoms with van der Waals surface area (Å²) in [6.07, 6.45) is 0.898. The number of hydrogen-bond acceptors (Lipinski definition) is 3. The van der Waals surface area contributed by atoms with E-state index in [4.69, 9.17) is 10.8 Å². The van der Waals surface area contributed by atoms with Crippen LogP contribution in [0.5, 0.6) is 0 Å². The first-order chi connectivity index (χ1) is 5.65. The molecule has 0 saturated carbocycles. The first kappa shape index (κ1) is 9.48. The maximum Gasteiger partial charge on any atom is 0.239 e. The van der Waals surface area contributed by atoms with Crippen molar-refractivity contribution < 1.29 is 9.90 Å². The molecular formula is C8H16N2O2. The number of hydrogen-bond donors (Lipinski definition) is 2. The third-order valence-electron chi connectivity index (χ3n) is 2.25. The molecule has 0 aromatic carbocycles. The van der Waals surface area contributed by atoms with Gasteiger partial charge in [-0.2, -0.15) is 0 Å². The lowest BCUT2D eigenvalue weighted by molar-refractivity contribution is -0.131. The van der Waals surface area contributed by atoms with E-state index >= 15 is 0 Å². The Hall–Kier alpha value is -0.610. The molecule has 2 atom stereocenters. The van der Waals surface area contributed by atoms with Crippen molar-refractivity contribution >= 4 is 5.91 Å². The summed E-state index contributed by atoms with van der Waals surface area (Å²) in [5.74, 6) is 0.249. The third kappa shape index (κ3) is 1.95. The van der Waals surface area contributed by atoms with Crippen molar-refractivity contribution in [2.45, 2.75) is 19.4 Å². The minimum atomic E-state index is -0.414.